The molecule has 1 fully saturated rings. The Kier molecular flexibility index (Phi) is 4.72. The summed E-state index contributed by atoms with van der Waals surface area (Å²) in [4.78, 5) is 15.9. The van der Waals surface area contributed by atoms with Gasteiger partial charge in [-0.15, -0.1) is 11.3 Å². The van der Waals surface area contributed by atoms with Gasteiger partial charge in [-0.2, -0.15) is 0 Å². The van der Waals surface area contributed by atoms with Crippen LogP contribution in [0.1, 0.15) is 10.6 Å². The van der Waals surface area contributed by atoms with E-state index in [9.17, 15) is 0 Å². The van der Waals surface area contributed by atoms with Gasteiger partial charge in [-0.3, -0.25) is 0 Å². The predicted molar refractivity (Wildman–Crippen MR) is 113 cm³/mol. The first-order chi connectivity index (χ1) is 13.9. The van der Waals surface area contributed by atoms with Crippen LogP contribution in [0, 0.1) is 0 Å². The fraction of sp³-hybridized carbons (Fsp3) is 0.227. The summed E-state index contributed by atoms with van der Waals surface area (Å²) >= 11 is 1.69. The lowest BCUT2D eigenvalue weighted by Gasteiger charge is -2.29. The smallest absolute Gasteiger partial charge is 0.116 e. The Morgan fingerprint density at radius 1 is 1.00 bits per heavy atom. The molecule has 2 aromatic heterocycles. The summed E-state index contributed by atoms with van der Waals surface area (Å²) in [6.45, 7) is 3.39. The lowest BCUT2D eigenvalue weighted by molar-refractivity contribution is 0.122. The summed E-state index contributed by atoms with van der Waals surface area (Å²) in [7, 11) is 0. The van der Waals surface area contributed by atoms with Crippen LogP contribution in [0.2, 0.25) is 0 Å². The van der Waals surface area contributed by atoms with Gasteiger partial charge in [0, 0.05) is 47.7 Å². The topological polar surface area (TPSA) is 51.1 Å². The molecule has 1 aliphatic heterocycles. The minimum atomic E-state index is 0.777. The van der Waals surface area contributed by atoms with Gasteiger partial charge in [0.05, 0.1) is 29.4 Å². The lowest BCUT2D eigenvalue weighted by Crippen LogP contribution is -2.36. The van der Waals surface area contributed by atoms with Crippen LogP contribution in [0.25, 0.3) is 22.2 Å². The van der Waals surface area contributed by atoms with E-state index >= 15 is 0 Å². The number of nitrogens with zero attached hydrogens (tertiary/aromatic N) is 4. The highest BCUT2D eigenvalue weighted by atomic mass is 32.1. The third-order valence-corrected chi connectivity index (χ3v) is 5.82. The van der Waals surface area contributed by atoms with E-state index in [-0.39, 0.29) is 0 Å². The van der Waals surface area contributed by atoms with Crippen molar-refractivity contribution < 1.29 is 4.74 Å². The second-order valence-corrected chi connectivity index (χ2v) is 7.81. The average molecular weight is 388 g/mol. The van der Waals surface area contributed by atoms with Crippen molar-refractivity contribution in [3.05, 3.63) is 70.9 Å². The Morgan fingerprint density at radius 3 is 2.79 bits per heavy atom. The van der Waals surface area contributed by atoms with Crippen molar-refractivity contribution in [2.75, 3.05) is 31.2 Å². The van der Waals surface area contributed by atoms with E-state index in [4.69, 9.17) is 4.74 Å². The maximum Gasteiger partial charge on any atom is 0.116 e. The number of ether oxygens (including phenoxy) is 1. The molecule has 5 rings (SSSR count). The van der Waals surface area contributed by atoms with E-state index in [1.807, 2.05) is 11.6 Å². The Balaban J connectivity index is 1.50. The molecule has 0 saturated carbocycles. The van der Waals surface area contributed by atoms with Crippen LogP contribution in [0.3, 0.4) is 0 Å². The second kappa shape index (κ2) is 7.66. The molecule has 28 heavy (non-hydrogen) atoms. The highest BCUT2D eigenvalue weighted by Crippen LogP contribution is 2.29. The summed E-state index contributed by atoms with van der Waals surface area (Å²) in [5, 5.41) is 4.22. The number of morpholine rings is 1. The molecule has 0 spiro atoms. The van der Waals surface area contributed by atoms with Crippen molar-refractivity contribution in [2.24, 2.45) is 0 Å². The summed E-state index contributed by atoms with van der Waals surface area (Å²) in [6, 6.07) is 15.0. The Bertz CT molecular complexity index is 1090. The number of rotatable bonds is 4. The molecule has 6 heteroatoms. The number of benzene rings is 2. The molecule has 0 aliphatic carbocycles. The minimum Gasteiger partial charge on any atom is -0.378 e. The number of hydrogen-bond acceptors (Lipinski definition) is 6. The molecular formula is C22H20N4OS. The van der Waals surface area contributed by atoms with Crippen LogP contribution in [-0.2, 0) is 11.2 Å². The number of hydrogen-bond donors (Lipinski definition) is 0. The van der Waals surface area contributed by atoms with Crippen LogP contribution >= 0.6 is 11.3 Å². The number of thiazole rings is 1. The molecule has 0 radical (unpaired) electrons. The lowest BCUT2D eigenvalue weighted by atomic mass is 10.0. The maximum absolute atomic E-state index is 5.46. The number of aromatic nitrogens is 3. The van der Waals surface area contributed by atoms with Crippen molar-refractivity contribution in [1.82, 2.24) is 15.0 Å². The van der Waals surface area contributed by atoms with Gasteiger partial charge in [0.15, 0.2) is 0 Å². The molecule has 2 aromatic carbocycles. The van der Waals surface area contributed by atoms with Crippen LogP contribution in [0.5, 0.6) is 0 Å². The van der Waals surface area contributed by atoms with Gasteiger partial charge < -0.3 is 9.64 Å². The zero-order valence-electron chi connectivity index (χ0n) is 15.4. The Labute approximate surface area is 167 Å². The average Bonchev–Trinajstić information content (AvgIpc) is 3.27. The molecule has 0 N–H and O–H groups in total. The van der Waals surface area contributed by atoms with Gasteiger partial charge in [0.1, 0.15) is 6.33 Å². The predicted octanol–water partition coefficient (Wildman–Crippen LogP) is 4.18. The van der Waals surface area contributed by atoms with Gasteiger partial charge in [-0.1, -0.05) is 18.2 Å². The number of fused-ring (bicyclic) bond motifs is 1. The third-order valence-electron chi connectivity index (χ3n) is 5.04. The normalized spacial score (nSPS) is 14.5. The monoisotopic (exact) mass is 388 g/mol. The SMILES string of the molecule is c1cc(Cc2nccs2)cc(-c2ncnc3cc(N4CCOCC4)ccc23)c1. The van der Waals surface area contributed by atoms with Crippen LogP contribution in [-0.4, -0.2) is 41.3 Å². The molecule has 0 bridgehead atoms. The summed E-state index contributed by atoms with van der Waals surface area (Å²) in [6.07, 6.45) is 4.36. The molecule has 0 atom stereocenters. The van der Waals surface area contributed by atoms with Crippen molar-refractivity contribution >= 4 is 27.9 Å². The van der Waals surface area contributed by atoms with Crippen molar-refractivity contribution in [1.29, 1.82) is 0 Å². The summed E-state index contributed by atoms with van der Waals surface area (Å²) in [5.74, 6) is 0. The van der Waals surface area contributed by atoms with Gasteiger partial charge in [0.25, 0.3) is 0 Å². The van der Waals surface area contributed by atoms with E-state index < -0.39 is 0 Å². The van der Waals surface area contributed by atoms with Crippen LogP contribution in [0.4, 0.5) is 5.69 Å². The highest BCUT2D eigenvalue weighted by Gasteiger charge is 2.14. The molecule has 1 aliphatic rings. The molecule has 0 unspecified atom stereocenters. The molecule has 3 heterocycles. The quantitative estimate of drug-likeness (QED) is 0.525. The van der Waals surface area contributed by atoms with Crippen LogP contribution < -0.4 is 4.90 Å². The maximum atomic E-state index is 5.46. The van der Waals surface area contributed by atoms with E-state index in [0.717, 1.165) is 59.9 Å². The molecule has 5 nitrogen and oxygen atoms in total. The largest absolute Gasteiger partial charge is 0.378 e. The van der Waals surface area contributed by atoms with Gasteiger partial charge in [-0.05, 0) is 29.8 Å². The fourth-order valence-corrected chi connectivity index (χ4v) is 4.29. The molecule has 1 saturated heterocycles. The van der Waals surface area contributed by atoms with Crippen LogP contribution in [0.15, 0.2) is 60.4 Å². The first kappa shape index (κ1) is 17.3. The first-order valence-electron chi connectivity index (χ1n) is 9.42. The van der Waals surface area contributed by atoms with Gasteiger partial charge in [0.2, 0.25) is 0 Å². The molecule has 4 aromatic rings. The van der Waals surface area contributed by atoms with E-state index in [1.54, 1.807) is 17.7 Å². The van der Waals surface area contributed by atoms with E-state index in [0.29, 0.717) is 0 Å². The van der Waals surface area contributed by atoms with Crippen molar-refractivity contribution in [3.8, 4) is 11.3 Å². The summed E-state index contributed by atoms with van der Waals surface area (Å²) in [5.41, 5.74) is 5.49. The summed E-state index contributed by atoms with van der Waals surface area (Å²) < 4.78 is 5.46. The molecule has 140 valence electrons. The number of anilines is 1. The first-order valence-corrected chi connectivity index (χ1v) is 10.3. The van der Waals surface area contributed by atoms with E-state index in [1.165, 1.54) is 11.3 Å². The van der Waals surface area contributed by atoms with Gasteiger partial charge >= 0.3 is 0 Å². The fourth-order valence-electron chi connectivity index (χ4n) is 3.64. The molecule has 0 amide bonds. The Morgan fingerprint density at radius 2 is 1.93 bits per heavy atom. The standard InChI is InChI=1S/C22H20N4OS/c1-2-16(13-21-23-6-11-28-21)12-17(3-1)22-19-5-4-18(14-20(19)24-15-25-22)26-7-9-27-10-8-26/h1-6,11-12,14-15H,7-10,13H2. The van der Waals surface area contributed by atoms with E-state index in [2.05, 4.69) is 62.3 Å². The molecular weight excluding hydrogens is 368 g/mol. The van der Waals surface area contributed by atoms with Crippen molar-refractivity contribution in [3.63, 3.8) is 0 Å². The zero-order chi connectivity index (χ0) is 18.8. The minimum absolute atomic E-state index is 0.777. The second-order valence-electron chi connectivity index (χ2n) is 6.83. The van der Waals surface area contributed by atoms with Gasteiger partial charge in [-0.25, -0.2) is 15.0 Å². The third kappa shape index (κ3) is 3.48. The zero-order valence-corrected chi connectivity index (χ0v) is 16.2. The van der Waals surface area contributed by atoms with Crippen molar-refractivity contribution in [2.45, 2.75) is 6.42 Å². The Hall–Kier alpha value is -2.83. The highest BCUT2D eigenvalue weighted by molar-refractivity contribution is 7.09.